The monoisotopic (exact) mass is 167 g/mol. The van der Waals surface area contributed by atoms with Crippen molar-refractivity contribution in [3.8, 4) is 0 Å². The zero-order valence-corrected chi connectivity index (χ0v) is 7.89. The highest BCUT2D eigenvalue weighted by Gasteiger charge is 2.54. The molecule has 0 aromatic heterocycles. The summed E-state index contributed by atoms with van der Waals surface area (Å²) in [5.41, 5.74) is 0.366. The average Bonchev–Trinajstić information content (AvgIpc) is 2.11. The van der Waals surface area contributed by atoms with Crippen molar-refractivity contribution in [3.05, 3.63) is 0 Å². The Morgan fingerprint density at radius 1 is 1.67 bits per heavy atom. The summed E-state index contributed by atoms with van der Waals surface area (Å²) < 4.78 is 0. The summed E-state index contributed by atoms with van der Waals surface area (Å²) in [5, 5.41) is 2.99. The van der Waals surface area contributed by atoms with E-state index in [2.05, 4.69) is 19.2 Å². The molecule has 12 heavy (non-hydrogen) atoms. The molecule has 0 radical (unpaired) electrons. The van der Waals surface area contributed by atoms with Crippen LogP contribution in [0.5, 0.6) is 0 Å². The highest BCUT2D eigenvalue weighted by atomic mass is 16.2. The largest absolute Gasteiger partial charge is 0.355 e. The van der Waals surface area contributed by atoms with E-state index in [-0.39, 0.29) is 0 Å². The van der Waals surface area contributed by atoms with Crippen molar-refractivity contribution in [1.29, 1.82) is 0 Å². The molecular formula is C10H17NO. The molecule has 1 aliphatic heterocycles. The van der Waals surface area contributed by atoms with Crippen LogP contribution in [0.3, 0.4) is 0 Å². The van der Waals surface area contributed by atoms with Crippen LogP contribution in [0.15, 0.2) is 0 Å². The van der Waals surface area contributed by atoms with Crippen molar-refractivity contribution in [2.24, 2.45) is 17.3 Å². The fourth-order valence-electron chi connectivity index (χ4n) is 2.83. The Hall–Kier alpha value is -0.530. The van der Waals surface area contributed by atoms with E-state index in [1.807, 2.05) is 0 Å². The Morgan fingerprint density at radius 3 is 2.83 bits per heavy atom. The van der Waals surface area contributed by atoms with Crippen LogP contribution in [0.25, 0.3) is 0 Å². The molecule has 2 unspecified atom stereocenters. The Bertz CT molecular complexity index is 212. The predicted molar refractivity (Wildman–Crippen MR) is 47.6 cm³/mol. The molecule has 2 atom stereocenters. The van der Waals surface area contributed by atoms with Crippen molar-refractivity contribution in [1.82, 2.24) is 5.32 Å². The molecule has 2 heteroatoms. The molecule has 1 saturated carbocycles. The summed E-state index contributed by atoms with van der Waals surface area (Å²) in [6.07, 6.45) is 3.60. The Morgan fingerprint density at radius 2 is 2.42 bits per heavy atom. The lowest BCUT2D eigenvalue weighted by atomic mass is 9.59. The Labute approximate surface area is 73.7 Å². The van der Waals surface area contributed by atoms with Gasteiger partial charge in [0.25, 0.3) is 0 Å². The minimum absolute atomic E-state index is 0.307. The highest BCUT2D eigenvalue weighted by Crippen LogP contribution is 2.53. The number of hydrogen-bond donors (Lipinski definition) is 1. The van der Waals surface area contributed by atoms with Crippen molar-refractivity contribution < 1.29 is 4.79 Å². The van der Waals surface area contributed by atoms with Crippen molar-refractivity contribution in [3.63, 3.8) is 0 Å². The molecular weight excluding hydrogens is 150 g/mol. The van der Waals surface area contributed by atoms with Crippen LogP contribution >= 0.6 is 0 Å². The average molecular weight is 167 g/mol. The molecule has 0 aromatic carbocycles. The van der Waals surface area contributed by atoms with Crippen LogP contribution < -0.4 is 5.32 Å². The van der Waals surface area contributed by atoms with E-state index in [1.54, 1.807) is 0 Å². The fourth-order valence-corrected chi connectivity index (χ4v) is 2.83. The predicted octanol–water partition coefficient (Wildman–Crippen LogP) is 1.56. The van der Waals surface area contributed by atoms with Crippen LogP contribution in [-0.4, -0.2) is 12.5 Å². The summed E-state index contributed by atoms with van der Waals surface area (Å²) in [6, 6.07) is 0. The Kier molecular flexibility index (Phi) is 1.67. The van der Waals surface area contributed by atoms with Crippen LogP contribution in [0.4, 0.5) is 0 Å². The van der Waals surface area contributed by atoms with Crippen LogP contribution in [0.1, 0.15) is 33.1 Å². The summed E-state index contributed by atoms with van der Waals surface area (Å²) in [7, 11) is 0. The van der Waals surface area contributed by atoms with E-state index in [1.165, 1.54) is 12.8 Å². The molecule has 2 aliphatic rings. The molecule has 1 N–H and O–H groups in total. The SMILES string of the molecule is CC(C)CC12CCC1C(=O)NC2. The molecule has 1 aliphatic carbocycles. The second-order valence-electron chi connectivity index (χ2n) is 4.77. The van der Waals surface area contributed by atoms with Gasteiger partial charge in [-0.3, -0.25) is 4.79 Å². The molecule has 68 valence electrons. The van der Waals surface area contributed by atoms with E-state index >= 15 is 0 Å². The number of rotatable bonds is 2. The van der Waals surface area contributed by atoms with Gasteiger partial charge in [0.15, 0.2) is 0 Å². The Balaban J connectivity index is 2.07. The molecule has 0 bridgehead atoms. The first kappa shape index (κ1) is 8.09. The molecule has 2 fully saturated rings. The van der Waals surface area contributed by atoms with E-state index < -0.39 is 0 Å². The third-order valence-electron chi connectivity index (χ3n) is 3.42. The van der Waals surface area contributed by atoms with Crippen molar-refractivity contribution in [2.75, 3.05) is 6.54 Å². The van der Waals surface area contributed by atoms with Gasteiger partial charge in [0.2, 0.25) is 5.91 Å². The summed E-state index contributed by atoms with van der Waals surface area (Å²) in [5.74, 6) is 1.39. The normalized spacial score (nSPS) is 39.2. The minimum atomic E-state index is 0.307. The zero-order valence-electron chi connectivity index (χ0n) is 7.89. The summed E-state index contributed by atoms with van der Waals surface area (Å²) in [6.45, 7) is 5.43. The van der Waals surface area contributed by atoms with Gasteiger partial charge in [-0.05, 0) is 30.6 Å². The summed E-state index contributed by atoms with van der Waals surface area (Å²) >= 11 is 0. The molecule has 2 rings (SSSR count). The van der Waals surface area contributed by atoms with E-state index in [9.17, 15) is 4.79 Å². The smallest absolute Gasteiger partial charge is 0.223 e. The first-order valence-electron chi connectivity index (χ1n) is 4.92. The number of carbonyl (C=O) groups excluding carboxylic acids is 1. The maximum Gasteiger partial charge on any atom is 0.223 e. The highest BCUT2D eigenvalue weighted by molar-refractivity contribution is 5.83. The topological polar surface area (TPSA) is 29.1 Å². The van der Waals surface area contributed by atoms with Gasteiger partial charge in [0, 0.05) is 12.5 Å². The lowest BCUT2D eigenvalue weighted by Crippen LogP contribution is -2.41. The molecule has 1 saturated heterocycles. The first-order valence-corrected chi connectivity index (χ1v) is 4.92. The van der Waals surface area contributed by atoms with Crippen LogP contribution in [-0.2, 0) is 4.79 Å². The third kappa shape index (κ3) is 0.970. The van der Waals surface area contributed by atoms with E-state index in [4.69, 9.17) is 0 Å². The molecule has 0 spiro atoms. The van der Waals surface area contributed by atoms with Gasteiger partial charge < -0.3 is 5.32 Å². The second kappa shape index (κ2) is 2.48. The van der Waals surface area contributed by atoms with Crippen molar-refractivity contribution in [2.45, 2.75) is 33.1 Å². The lowest BCUT2D eigenvalue weighted by Gasteiger charge is -2.43. The quantitative estimate of drug-likeness (QED) is 0.664. The van der Waals surface area contributed by atoms with Crippen LogP contribution in [0, 0.1) is 17.3 Å². The van der Waals surface area contributed by atoms with Gasteiger partial charge in [-0.15, -0.1) is 0 Å². The molecule has 1 heterocycles. The van der Waals surface area contributed by atoms with Gasteiger partial charge in [0.1, 0.15) is 0 Å². The van der Waals surface area contributed by atoms with Crippen LogP contribution in [0.2, 0.25) is 0 Å². The van der Waals surface area contributed by atoms with E-state index in [0.717, 1.165) is 18.9 Å². The third-order valence-corrected chi connectivity index (χ3v) is 3.42. The number of amides is 1. The van der Waals surface area contributed by atoms with Gasteiger partial charge >= 0.3 is 0 Å². The molecule has 2 nitrogen and oxygen atoms in total. The second-order valence-corrected chi connectivity index (χ2v) is 4.77. The maximum absolute atomic E-state index is 11.3. The zero-order chi connectivity index (χ0) is 8.77. The number of fused-ring (bicyclic) bond motifs is 1. The van der Waals surface area contributed by atoms with E-state index in [0.29, 0.717) is 17.2 Å². The number of carbonyl (C=O) groups is 1. The van der Waals surface area contributed by atoms with Gasteiger partial charge in [-0.2, -0.15) is 0 Å². The fraction of sp³-hybridized carbons (Fsp3) is 0.900. The standard InChI is InChI=1S/C10H17NO/c1-7(2)5-10-4-3-8(10)9(12)11-6-10/h7-8H,3-6H2,1-2H3,(H,11,12). The minimum Gasteiger partial charge on any atom is -0.355 e. The number of nitrogens with one attached hydrogen (secondary N) is 1. The maximum atomic E-state index is 11.3. The summed E-state index contributed by atoms with van der Waals surface area (Å²) in [4.78, 5) is 11.3. The molecule has 1 amide bonds. The molecule has 0 aromatic rings. The van der Waals surface area contributed by atoms with Gasteiger partial charge in [0.05, 0.1) is 0 Å². The lowest BCUT2D eigenvalue weighted by molar-refractivity contribution is -0.128. The van der Waals surface area contributed by atoms with Gasteiger partial charge in [-0.25, -0.2) is 0 Å². The van der Waals surface area contributed by atoms with Gasteiger partial charge in [-0.1, -0.05) is 13.8 Å². The first-order chi connectivity index (χ1) is 5.64. The van der Waals surface area contributed by atoms with Crippen molar-refractivity contribution >= 4 is 5.91 Å². The number of hydrogen-bond acceptors (Lipinski definition) is 1.